The van der Waals surface area contributed by atoms with E-state index in [4.69, 9.17) is 0 Å². The lowest BCUT2D eigenvalue weighted by Gasteiger charge is -2.15. The molecule has 0 spiro atoms. The monoisotopic (exact) mass is 278 g/mol. The Morgan fingerprint density at radius 1 is 1.42 bits per heavy atom. The highest BCUT2D eigenvalue weighted by molar-refractivity contribution is 7.85. The molecular weight excluding hydrogens is 256 g/mol. The van der Waals surface area contributed by atoms with Gasteiger partial charge in [-0.1, -0.05) is 18.9 Å². The lowest BCUT2D eigenvalue weighted by molar-refractivity contribution is 0.650. The fourth-order valence-corrected chi connectivity index (χ4v) is 2.40. The van der Waals surface area contributed by atoms with Crippen LogP contribution in [-0.2, 0) is 11.0 Å². The molecule has 0 aromatic carbocycles. The summed E-state index contributed by atoms with van der Waals surface area (Å²) in [4.78, 5) is 4.35. The average Bonchev–Trinajstić information content (AvgIpc) is 3.18. The number of aromatic nitrogens is 1. The van der Waals surface area contributed by atoms with E-state index < -0.39 is 11.0 Å². The van der Waals surface area contributed by atoms with Crippen molar-refractivity contribution in [2.24, 2.45) is 10.3 Å². The van der Waals surface area contributed by atoms with Crippen molar-refractivity contribution in [2.75, 3.05) is 0 Å². The Morgan fingerprint density at radius 2 is 2.16 bits per heavy atom. The molecule has 1 aliphatic carbocycles. The molecule has 1 heterocycles. The number of hydrogen-bond donors (Lipinski definition) is 0. The molecule has 1 saturated carbocycles. The van der Waals surface area contributed by atoms with Crippen LogP contribution in [0.1, 0.15) is 52.1 Å². The SMILES string of the molecule is CC(C)(C)[S@](=O)N=C(CCC1CC1)c1ccccn1. The van der Waals surface area contributed by atoms with E-state index >= 15 is 0 Å². The average molecular weight is 278 g/mol. The molecule has 0 saturated heterocycles. The molecule has 0 aliphatic heterocycles. The van der Waals surface area contributed by atoms with Gasteiger partial charge in [-0.2, -0.15) is 4.40 Å². The first-order valence-corrected chi connectivity index (χ1v) is 7.98. The van der Waals surface area contributed by atoms with Gasteiger partial charge in [0.2, 0.25) is 0 Å². The van der Waals surface area contributed by atoms with E-state index in [1.165, 1.54) is 12.8 Å². The van der Waals surface area contributed by atoms with Crippen LogP contribution in [0.4, 0.5) is 0 Å². The smallest absolute Gasteiger partial charge is 0.145 e. The molecule has 0 amide bonds. The molecule has 1 aliphatic rings. The first kappa shape index (κ1) is 14.4. The summed E-state index contributed by atoms with van der Waals surface area (Å²) in [5.74, 6) is 0.844. The zero-order valence-corrected chi connectivity index (χ0v) is 12.7. The van der Waals surface area contributed by atoms with E-state index in [0.717, 1.165) is 30.2 Å². The Morgan fingerprint density at radius 3 is 2.68 bits per heavy atom. The van der Waals surface area contributed by atoms with Gasteiger partial charge in [0.05, 0.1) is 16.2 Å². The molecule has 3 nitrogen and oxygen atoms in total. The van der Waals surface area contributed by atoms with E-state index in [9.17, 15) is 4.21 Å². The molecule has 0 N–H and O–H groups in total. The highest BCUT2D eigenvalue weighted by atomic mass is 32.2. The van der Waals surface area contributed by atoms with Crippen LogP contribution >= 0.6 is 0 Å². The maximum Gasteiger partial charge on any atom is 0.145 e. The minimum absolute atomic E-state index is 0.320. The van der Waals surface area contributed by atoms with Crippen molar-refractivity contribution in [1.82, 2.24) is 4.98 Å². The first-order valence-electron chi connectivity index (χ1n) is 6.88. The molecule has 0 bridgehead atoms. The van der Waals surface area contributed by atoms with E-state index in [2.05, 4.69) is 9.38 Å². The van der Waals surface area contributed by atoms with Gasteiger partial charge in [-0.25, -0.2) is 4.21 Å². The molecule has 4 heteroatoms. The number of pyridine rings is 1. The van der Waals surface area contributed by atoms with Crippen LogP contribution in [-0.4, -0.2) is 19.7 Å². The van der Waals surface area contributed by atoms with Crippen LogP contribution in [0.2, 0.25) is 0 Å². The van der Waals surface area contributed by atoms with Crippen molar-refractivity contribution in [3.05, 3.63) is 30.1 Å². The molecule has 104 valence electrons. The zero-order valence-electron chi connectivity index (χ0n) is 11.9. The first-order chi connectivity index (χ1) is 8.97. The summed E-state index contributed by atoms with van der Waals surface area (Å²) in [7, 11) is -1.21. The molecule has 1 atom stereocenters. The number of rotatable bonds is 5. The van der Waals surface area contributed by atoms with Gasteiger partial charge < -0.3 is 0 Å². The Labute approximate surface area is 118 Å². The van der Waals surface area contributed by atoms with E-state index in [-0.39, 0.29) is 4.75 Å². The Kier molecular flexibility index (Phi) is 4.50. The van der Waals surface area contributed by atoms with Crippen LogP contribution in [0.3, 0.4) is 0 Å². The number of hydrogen-bond acceptors (Lipinski definition) is 2. The predicted octanol–water partition coefficient (Wildman–Crippen LogP) is 3.52. The second-order valence-electron chi connectivity index (χ2n) is 6.10. The molecule has 19 heavy (non-hydrogen) atoms. The topological polar surface area (TPSA) is 42.3 Å². The zero-order chi connectivity index (χ0) is 13.9. The van der Waals surface area contributed by atoms with E-state index in [1.54, 1.807) is 6.20 Å². The molecular formula is C15H22N2OS. The van der Waals surface area contributed by atoms with E-state index in [1.807, 2.05) is 39.0 Å². The Bertz CT molecular complexity index is 473. The van der Waals surface area contributed by atoms with Gasteiger partial charge in [-0.3, -0.25) is 4.98 Å². The van der Waals surface area contributed by atoms with Crippen molar-refractivity contribution >= 4 is 16.7 Å². The molecule has 1 fully saturated rings. The second-order valence-corrected chi connectivity index (χ2v) is 8.00. The highest BCUT2D eigenvalue weighted by Crippen LogP contribution is 2.34. The summed E-state index contributed by atoms with van der Waals surface area (Å²) >= 11 is 0. The number of nitrogens with zero attached hydrogens (tertiary/aromatic N) is 2. The molecule has 0 radical (unpaired) electrons. The van der Waals surface area contributed by atoms with Gasteiger partial charge in [0, 0.05) is 6.20 Å². The fourth-order valence-electron chi connectivity index (χ4n) is 1.74. The van der Waals surface area contributed by atoms with Crippen LogP contribution in [0.25, 0.3) is 0 Å². The lowest BCUT2D eigenvalue weighted by atomic mass is 10.1. The third-order valence-electron chi connectivity index (χ3n) is 3.16. The van der Waals surface area contributed by atoms with Gasteiger partial charge >= 0.3 is 0 Å². The largest absolute Gasteiger partial charge is 0.255 e. The fraction of sp³-hybridized carbons (Fsp3) is 0.600. The van der Waals surface area contributed by atoms with Crippen molar-refractivity contribution in [2.45, 2.75) is 51.2 Å². The third kappa shape index (κ3) is 4.53. The summed E-state index contributed by atoms with van der Waals surface area (Å²) in [6.07, 6.45) is 6.44. The van der Waals surface area contributed by atoms with Gasteiger partial charge in [0.15, 0.2) is 0 Å². The normalized spacial score (nSPS) is 18.4. The maximum atomic E-state index is 12.2. The predicted molar refractivity (Wildman–Crippen MR) is 80.6 cm³/mol. The molecule has 1 aromatic heterocycles. The van der Waals surface area contributed by atoms with Crippen molar-refractivity contribution in [3.63, 3.8) is 0 Å². The second kappa shape index (κ2) is 5.95. The molecule has 0 unspecified atom stereocenters. The van der Waals surface area contributed by atoms with Gasteiger partial charge in [-0.15, -0.1) is 0 Å². The third-order valence-corrected chi connectivity index (χ3v) is 4.60. The quantitative estimate of drug-likeness (QED) is 0.773. The lowest BCUT2D eigenvalue weighted by Crippen LogP contribution is -2.21. The van der Waals surface area contributed by atoms with Gasteiger partial charge in [0.25, 0.3) is 0 Å². The summed E-state index contributed by atoms with van der Waals surface area (Å²) in [5.41, 5.74) is 1.75. The Hall–Kier alpha value is -1.03. The summed E-state index contributed by atoms with van der Waals surface area (Å²) in [5, 5.41) is 0. The molecule has 1 aromatic rings. The van der Waals surface area contributed by atoms with Crippen molar-refractivity contribution in [1.29, 1.82) is 0 Å². The van der Waals surface area contributed by atoms with Gasteiger partial charge in [0.1, 0.15) is 11.0 Å². The minimum Gasteiger partial charge on any atom is -0.255 e. The summed E-state index contributed by atoms with van der Waals surface area (Å²) < 4.78 is 16.3. The van der Waals surface area contributed by atoms with Crippen LogP contribution in [0.15, 0.2) is 28.8 Å². The van der Waals surface area contributed by atoms with Crippen molar-refractivity contribution < 1.29 is 4.21 Å². The van der Waals surface area contributed by atoms with E-state index in [0.29, 0.717) is 0 Å². The van der Waals surface area contributed by atoms with Crippen LogP contribution < -0.4 is 0 Å². The molecule has 2 rings (SSSR count). The summed E-state index contributed by atoms with van der Waals surface area (Å²) in [6.45, 7) is 5.84. The highest BCUT2D eigenvalue weighted by Gasteiger charge is 2.24. The van der Waals surface area contributed by atoms with Crippen LogP contribution in [0, 0.1) is 5.92 Å². The van der Waals surface area contributed by atoms with Crippen LogP contribution in [0.5, 0.6) is 0 Å². The minimum atomic E-state index is -1.21. The summed E-state index contributed by atoms with van der Waals surface area (Å²) in [6, 6.07) is 5.79. The van der Waals surface area contributed by atoms with Crippen molar-refractivity contribution in [3.8, 4) is 0 Å². The maximum absolute atomic E-state index is 12.2. The standard InChI is InChI=1S/C15H22N2OS/c1-15(2,3)19(18)17-14(10-9-12-7-8-12)13-6-4-5-11-16-13/h4-6,11-12H,7-10H2,1-3H3/t19-/m0/s1. The Balaban J connectivity index is 2.17. The van der Waals surface area contributed by atoms with Gasteiger partial charge in [-0.05, 0) is 51.7 Å².